The third kappa shape index (κ3) is 3.19. The molecule has 0 saturated heterocycles. The third-order valence-corrected chi connectivity index (χ3v) is 3.55. The molecule has 6 nitrogen and oxygen atoms in total. The Labute approximate surface area is 111 Å². The lowest BCUT2D eigenvalue weighted by Crippen LogP contribution is -2.26. The molecule has 0 bridgehead atoms. The topological polar surface area (TPSA) is 91.8 Å². The first kappa shape index (κ1) is 13.3. The largest absolute Gasteiger partial charge is 0.362 e. The van der Waals surface area contributed by atoms with Crippen LogP contribution in [-0.4, -0.2) is 15.9 Å². The molecule has 100 valence electrons. The molecule has 0 aromatic carbocycles. The number of pyridine rings is 1. The van der Waals surface area contributed by atoms with Crippen molar-refractivity contribution >= 4 is 11.5 Å². The third-order valence-electron chi connectivity index (χ3n) is 3.55. The van der Waals surface area contributed by atoms with Gasteiger partial charge in [0.1, 0.15) is 6.07 Å². The molecule has 1 saturated carbocycles. The van der Waals surface area contributed by atoms with E-state index in [1.807, 2.05) is 6.07 Å². The number of rotatable bonds is 3. The fourth-order valence-corrected chi connectivity index (χ4v) is 2.36. The van der Waals surface area contributed by atoms with Crippen LogP contribution in [0.15, 0.2) is 12.3 Å². The molecule has 0 radical (unpaired) electrons. The Bertz CT molecular complexity index is 516. The summed E-state index contributed by atoms with van der Waals surface area (Å²) in [5, 5.41) is 22.9. The fourth-order valence-electron chi connectivity index (χ4n) is 2.36. The Hall–Kier alpha value is -2.16. The van der Waals surface area contributed by atoms with E-state index in [1.165, 1.54) is 12.3 Å². The van der Waals surface area contributed by atoms with Gasteiger partial charge in [-0.15, -0.1) is 0 Å². The van der Waals surface area contributed by atoms with Gasteiger partial charge in [-0.3, -0.25) is 10.1 Å². The molecule has 1 fully saturated rings. The van der Waals surface area contributed by atoms with Crippen molar-refractivity contribution in [1.29, 1.82) is 5.26 Å². The second kappa shape index (κ2) is 5.65. The highest BCUT2D eigenvalue weighted by Gasteiger charge is 2.22. The Balaban J connectivity index is 2.16. The molecular formula is C13H16N4O2. The second-order valence-electron chi connectivity index (χ2n) is 5.06. The van der Waals surface area contributed by atoms with Crippen LogP contribution < -0.4 is 5.32 Å². The van der Waals surface area contributed by atoms with E-state index in [2.05, 4.69) is 17.2 Å². The summed E-state index contributed by atoms with van der Waals surface area (Å²) >= 11 is 0. The quantitative estimate of drug-likeness (QED) is 0.666. The molecule has 0 spiro atoms. The first-order valence-corrected chi connectivity index (χ1v) is 6.41. The molecule has 19 heavy (non-hydrogen) atoms. The van der Waals surface area contributed by atoms with Gasteiger partial charge in [-0.25, -0.2) is 4.98 Å². The molecule has 1 aliphatic rings. The maximum Gasteiger partial charge on any atom is 0.312 e. The predicted molar refractivity (Wildman–Crippen MR) is 70.6 cm³/mol. The summed E-state index contributed by atoms with van der Waals surface area (Å²) in [5.74, 6) is 0.991. The van der Waals surface area contributed by atoms with E-state index in [-0.39, 0.29) is 23.1 Å². The van der Waals surface area contributed by atoms with E-state index < -0.39 is 4.92 Å². The number of hydrogen-bond donors (Lipinski definition) is 1. The average molecular weight is 260 g/mol. The number of nitriles is 1. The second-order valence-corrected chi connectivity index (χ2v) is 5.06. The zero-order valence-corrected chi connectivity index (χ0v) is 10.8. The van der Waals surface area contributed by atoms with Gasteiger partial charge in [-0.1, -0.05) is 6.92 Å². The van der Waals surface area contributed by atoms with Crippen molar-refractivity contribution in [3.63, 3.8) is 0 Å². The summed E-state index contributed by atoms with van der Waals surface area (Å²) in [5.41, 5.74) is 0.0761. The molecular weight excluding hydrogens is 244 g/mol. The number of nitrogens with one attached hydrogen (secondary N) is 1. The number of nitro groups is 1. The van der Waals surface area contributed by atoms with Gasteiger partial charge in [0.15, 0.2) is 0 Å². The predicted octanol–water partition coefficient (Wildman–Crippen LogP) is 2.85. The smallest absolute Gasteiger partial charge is 0.312 e. The number of anilines is 1. The highest BCUT2D eigenvalue weighted by atomic mass is 16.6. The summed E-state index contributed by atoms with van der Waals surface area (Å²) < 4.78 is 0. The van der Waals surface area contributed by atoms with Gasteiger partial charge >= 0.3 is 5.69 Å². The highest BCUT2D eigenvalue weighted by molar-refractivity contribution is 5.58. The fraction of sp³-hybridized carbons (Fsp3) is 0.538. The first-order chi connectivity index (χ1) is 9.10. The average Bonchev–Trinajstić information content (AvgIpc) is 2.41. The van der Waals surface area contributed by atoms with Crippen molar-refractivity contribution in [2.24, 2.45) is 5.92 Å². The Kier molecular flexibility index (Phi) is 3.95. The molecule has 1 heterocycles. The monoisotopic (exact) mass is 260 g/mol. The minimum atomic E-state index is -0.498. The van der Waals surface area contributed by atoms with E-state index in [1.54, 1.807) is 0 Å². The lowest BCUT2D eigenvalue weighted by atomic mass is 9.87. The van der Waals surface area contributed by atoms with Crippen molar-refractivity contribution in [2.45, 2.75) is 38.6 Å². The van der Waals surface area contributed by atoms with E-state index >= 15 is 0 Å². The van der Waals surface area contributed by atoms with Crippen LogP contribution in [0.25, 0.3) is 0 Å². The maximum absolute atomic E-state index is 11.0. The van der Waals surface area contributed by atoms with Crippen molar-refractivity contribution in [3.05, 3.63) is 27.9 Å². The van der Waals surface area contributed by atoms with Crippen molar-refractivity contribution in [3.8, 4) is 6.07 Å². The summed E-state index contributed by atoms with van der Waals surface area (Å²) in [7, 11) is 0. The maximum atomic E-state index is 11.0. The standard InChI is InChI=1S/C13H16N4O2/c1-9-2-4-11(5-3-9)16-13-12(17(18)19)6-10(7-14)8-15-13/h6,8-9,11H,2-5H2,1H3,(H,15,16). The van der Waals surface area contributed by atoms with Gasteiger partial charge < -0.3 is 5.32 Å². The summed E-state index contributed by atoms with van der Waals surface area (Å²) in [6, 6.07) is 3.36. The lowest BCUT2D eigenvalue weighted by molar-refractivity contribution is -0.384. The molecule has 1 aromatic heterocycles. The zero-order chi connectivity index (χ0) is 13.8. The van der Waals surface area contributed by atoms with Crippen LogP contribution in [0, 0.1) is 27.4 Å². The Morgan fingerprint density at radius 2 is 2.16 bits per heavy atom. The molecule has 1 aliphatic carbocycles. The molecule has 0 atom stereocenters. The molecule has 6 heteroatoms. The van der Waals surface area contributed by atoms with Gasteiger partial charge in [0, 0.05) is 18.3 Å². The van der Waals surface area contributed by atoms with Gasteiger partial charge in [0.25, 0.3) is 0 Å². The van der Waals surface area contributed by atoms with Crippen LogP contribution >= 0.6 is 0 Å². The first-order valence-electron chi connectivity index (χ1n) is 6.41. The number of aromatic nitrogens is 1. The SMILES string of the molecule is CC1CCC(Nc2ncc(C#N)cc2[N+](=O)[O-])CC1. The number of hydrogen-bond acceptors (Lipinski definition) is 5. The van der Waals surface area contributed by atoms with Gasteiger partial charge in [-0.05, 0) is 31.6 Å². The minimum Gasteiger partial charge on any atom is -0.362 e. The number of nitrogens with zero attached hydrogens (tertiary/aromatic N) is 3. The Morgan fingerprint density at radius 3 is 2.74 bits per heavy atom. The van der Waals surface area contributed by atoms with Crippen LogP contribution in [0.4, 0.5) is 11.5 Å². The van der Waals surface area contributed by atoms with Gasteiger partial charge in [0.2, 0.25) is 5.82 Å². The van der Waals surface area contributed by atoms with Crippen LogP contribution in [0.3, 0.4) is 0 Å². The van der Waals surface area contributed by atoms with Crippen LogP contribution in [0.2, 0.25) is 0 Å². The molecule has 0 aliphatic heterocycles. The summed E-state index contributed by atoms with van der Waals surface area (Å²) in [4.78, 5) is 14.5. The van der Waals surface area contributed by atoms with Crippen molar-refractivity contribution < 1.29 is 4.92 Å². The van der Waals surface area contributed by atoms with E-state index in [0.717, 1.165) is 31.6 Å². The zero-order valence-electron chi connectivity index (χ0n) is 10.8. The molecule has 2 rings (SSSR count). The van der Waals surface area contributed by atoms with E-state index in [0.29, 0.717) is 0 Å². The van der Waals surface area contributed by atoms with Crippen LogP contribution in [-0.2, 0) is 0 Å². The molecule has 0 unspecified atom stereocenters. The summed E-state index contributed by atoms with van der Waals surface area (Å²) in [6.07, 6.45) is 5.62. The van der Waals surface area contributed by atoms with Gasteiger partial charge in [0.05, 0.1) is 10.5 Å². The van der Waals surface area contributed by atoms with Crippen molar-refractivity contribution in [1.82, 2.24) is 4.98 Å². The summed E-state index contributed by atoms with van der Waals surface area (Å²) in [6.45, 7) is 2.22. The lowest BCUT2D eigenvalue weighted by Gasteiger charge is -2.27. The van der Waals surface area contributed by atoms with E-state index in [4.69, 9.17) is 5.26 Å². The Morgan fingerprint density at radius 1 is 1.47 bits per heavy atom. The molecule has 0 amide bonds. The normalized spacial score (nSPS) is 22.5. The molecule has 1 N–H and O–H groups in total. The minimum absolute atomic E-state index is 0.127. The highest BCUT2D eigenvalue weighted by Crippen LogP contribution is 2.29. The molecule has 1 aromatic rings. The van der Waals surface area contributed by atoms with E-state index in [9.17, 15) is 10.1 Å². The van der Waals surface area contributed by atoms with Crippen molar-refractivity contribution in [2.75, 3.05) is 5.32 Å². The van der Waals surface area contributed by atoms with Crippen LogP contribution in [0.1, 0.15) is 38.2 Å². The van der Waals surface area contributed by atoms with Crippen LogP contribution in [0.5, 0.6) is 0 Å². The van der Waals surface area contributed by atoms with Gasteiger partial charge in [-0.2, -0.15) is 5.26 Å².